The maximum atomic E-state index is 11.6. The number of ether oxygens (including phenoxy) is 1. The molecular weight excluding hydrogens is 228 g/mol. The van der Waals surface area contributed by atoms with Gasteiger partial charge in [0.15, 0.2) is 0 Å². The lowest BCUT2D eigenvalue weighted by Gasteiger charge is -2.08. The highest BCUT2D eigenvalue weighted by Gasteiger charge is 2.02. The number of carbonyl (C=O) groups is 1. The molecule has 0 saturated carbocycles. The first-order chi connectivity index (χ1) is 8.61. The third-order valence-corrected chi connectivity index (χ3v) is 2.46. The monoisotopic (exact) mass is 250 g/mol. The normalized spacial score (nSPS) is 10.4. The number of nitrogens with one attached hydrogen (secondary N) is 2. The zero-order valence-corrected chi connectivity index (χ0v) is 11.3. The van der Waals surface area contributed by atoms with Gasteiger partial charge >= 0.3 is 0 Å². The highest BCUT2D eigenvalue weighted by Crippen LogP contribution is 2.14. The summed E-state index contributed by atoms with van der Waals surface area (Å²) in [5, 5.41) is 6.09. The van der Waals surface area contributed by atoms with Gasteiger partial charge in [-0.3, -0.25) is 4.79 Å². The fraction of sp³-hybridized carbons (Fsp3) is 0.500. The molecule has 1 amide bonds. The first kappa shape index (κ1) is 14.5. The standard InChI is InChI=1S/C14H22N2O2/c1-11(2)10-15-9-8-14(17)16-12-4-6-13(18-3)7-5-12/h4-7,11,15H,8-10H2,1-3H3,(H,16,17). The summed E-state index contributed by atoms with van der Waals surface area (Å²) < 4.78 is 5.05. The van der Waals surface area contributed by atoms with Crippen LogP contribution in [0.25, 0.3) is 0 Å². The van der Waals surface area contributed by atoms with E-state index < -0.39 is 0 Å². The van der Waals surface area contributed by atoms with E-state index in [4.69, 9.17) is 4.74 Å². The van der Waals surface area contributed by atoms with Crippen LogP contribution in [-0.4, -0.2) is 26.1 Å². The highest BCUT2D eigenvalue weighted by molar-refractivity contribution is 5.90. The number of carbonyl (C=O) groups excluding carboxylic acids is 1. The van der Waals surface area contributed by atoms with E-state index in [1.54, 1.807) is 7.11 Å². The summed E-state index contributed by atoms with van der Waals surface area (Å²) in [6, 6.07) is 7.32. The predicted octanol–water partition coefficient (Wildman–Crippen LogP) is 2.27. The third-order valence-electron chi connectivity index (χ3n) is 2.46. The lowest BCUT2D eigenvalue weighted by molar-refractivity contribution is -0.116. The van der Waals surface area contributed by atoms with Crippen molar-refractivity contribution in [3.63, 3.8) is 0 Å². The van der Waals surface area contributed by atoms with Crippen LogP contribution in [0, 0.1) is 5.92 Å². The van der Waals surface area contributed by atoms with E-state index in [2.05, 4.69) is 24.5 Å². The van der Waals surface area contributed by atoms with Crippen molar-refractivity contribution in [3.8, 4) is 5.75 Å². The minimum absolute atomic E-state index is 0.0245. The molecular formula is C14H22N2O2. The van der Waals surface area contributed by atoms with Crippen molar-refractivity contribution in [2.75, 3.05) is 25.5 Å². The Balaban J connectivity index is 2.26. The minimum atomic E-state index is 0.0245. The number of methoxy groups -OCH3 is 1. The van der Waals surface area contributed by atoms with E-state index in [1.165, 1.54) is 0 Å². The summed E-state index contributed by atoms with van der Waals surface area (Å²) in [7, 11) is 1.62. The topological polar surface area (TPSA) is 50.4 Å². The van der Waals surface area contributed by atoms with Gasteiger partial charge in [0.2, 0.25) is 5.91 Å². The molecule has 0 aliphatic rings. The number of amides is 1. The van der Waals surface area contributed by atoms with E-state index in [0.717, 1.165) is 18.0 Å². The van der Waals surface area contributed by atoms with Crippen LogP contribution in [0.5, 0.6) is 5.75 Å². The largest absolute Gasteiger partial charge is 0.497 e. The first-order valence-corrected chi connectivity index (χ1v) is 6.26. The van der Waals surface area contributed by atoms with Crippen LogP contribution < -0.4 is 15.4 Å². The number of hydrogen-bond donors (Lipinski definition) is 2. The molecule has 18 heavy (non-hydrogen) atoms. The molecule has 0 heterocycles. The number of anilines is 1. The average molecular weight is 250 g/mol. The minimum Gasteiger partial charge on any atom is -0.497 e. The summed E-state index contributed by atoms with van der Waals surface area (Å²) in [5.41, 5.74) is 0.796. The molecule has 0 bridgehead atoms. The average Bonchev–Trinajstić information content (AvgIpc) is 2.35. The molecule has 0 aliphatic heterocycles. The maximum absolute atomic E-state index is 11.6. The fourth-order valence-corrected chi connectivity index (χ4v) is 1.49. The van der Waals surface area contributed by atoms with E-state index in [1.807, 2.05) is 24.3 Å². The summed E-state index contributed by atoms with van der Waals surface area (Å²) in [6.45, 7) is 5.94. The van der Waals surface area contributed by atoms with Gasteiger partial charge in [-0.15, -0.1) is 0 Å². The van der Waals surface area contributed by atoms with Crippen LogP contribution in [0.15, 0.2) is 24.3 Å². The van der Waals surface area contributed by atoms with Crippen LogP contribution in [0.1, 0.15) is 20.3 Å². The Morgan fingerprint density at radius 1 is 1.28 bits per heavy atom. The molecule has 0 unspecified atom stereocenters. The van der Waals surface area contributed by atoms with E-state index >= 15 is 0 Å². The molecule has 0 aliphatic carbocycles. The van der Waals surface area contributed by atoms with Crippen molar-refractivity contribution < 1.29 is 9.53 Å². The van der Waals surface area contributed by atoms with Crippen molar-refractivity contribution in [1.29, 1.82) is 0 Å². The van der Waals surface area contributed by atoms with Gasteiger partial charge in [0, 0.05) is 18.7 Å². The summed E-state index contributed by atoms with van der Waals surface area (Å²) in [4.78, 5) is 11.6. The van der Waals surface area contributed by atoms with Crippen molar-refractivity contribution >= 4 is 11.6 Å². The van der Waals surface area contributed by atoms with E-state index in [0.29, 0.717) is 18.9 Å². The molecule has 1 rings (SSSR count). The van der Waals surface area contributed by atoms with Gasteiger partial charge in [0.05, 0.1) is 7.11 Å². The molecule has 0 saturated heterocycles. The molecule has 1 aromatic rings. The Morgan fingerprint density at radius 3 is 2.50 bits per heavy atom. The van der Waals surface area contributed by atoms with Crippen LogP contribution >= 0.6 is 0 Å². The fourth-order valence-electron chi connectivity index (χ4n) is 1.49. The van der Waals surface area contributed by atoms with Gasteiger partial charge < -0.3 is 15.4 Å². The Bertz CT molecular complexity index is 361. The van der Waals surface area contributed by atoms with Gasteiger partial charge in [0.25, 0.3) is 0 Å². The molecule has 1 aromatic carbocycles. The molecule has 0 atom stereocenters. The van der Waals surface area contributed by atoms with Crippen molar-refractivity contribution in [1.82, 2.24) is 5.32 Å². The summed E-state index contributed by atoms with van der Waals surface area (Å²) in [6.07, 6.45) is 0.485. The smallest absolute Gasteiger partial charge is 0.225 e. The predicted molar refractivity (Wildman–Crippen MR) is 73.9 cm³/mol. The number of hydrogen-bond acceptors (Lipinski definition) is 3. The molecule has 4 nitrogen and oxygen atoms in total. The van der Waals surface area contributed by atoms with Crippen LogP contribution in [0.3, 0.4) is 0 Å². The zero-order valence-electron chi connectivity index (χ0n) is 11.3. The Labute approximate surface area is 109 Å². The van der Waals surface area contributed by atoms with Crippen molar-refractivity contribution in [2.45, 2.75) is 20.3 Å². The van der Waals surface area contributed by atoms with Gasteiger partial charge in [0.1, 0.15) is 5.75 Å². The maximum Gasteiger partial charge on any atom is 0.225 e. The van der Waals surface area contributed by atoms with Gasteiger partial charge in [-0.05, 0) is 36.7 Å². The lowest BCUT2D eigenvalue weighted by atomic mass is 10.2. The molecule has 100 valence electrons. The SMILES string of the molecule is COc1ccc(NC(=O)CCNCC(C)C)cc1. The molecule has 0 fully saturated rings. The second-order valence-corrected chi connectivity index (χ2v) is 4.62. The van der Waals surface area contributed by atoms with Crippen LogP contribution in [0.2, 0.25) is 0 Å². The lowest BCUT2D eigenvalue weighted by Crippen LogP contribution is -2.24. The van der Waals surface area contributed by atoms with Crippen LogP contribution in [0.4, 0.5) is 5.69 Å². The first-order valence-electron chi connectivity index (χ1n) is 6.26. The van der Waals surface area contributed by atoms with Crippen molar-refractivity contribution in [3.05, 3.63) is 24.3 Å². The third kappa shape index (κ3) is 5.68. The van der Waals surface area contributed by atoms with Gasteiger partial charge in [-0.1, -0.05) is 13.8 Å². The van der Waals surface area contributed by atoms with Crippen molar-refractivity contribution in [2.24, 2.45) is 5.92 Å². The van der Waals surface area contributed by atoms with E-state index in [9.17, 15) is 4.79 Å². The van der Waals surface area contributed by atoms with Gasteiger partial charge in [-0.2, -0.15) is 0 Å². The summed E-state index contributed by atoms with van der Waals surface area (Å²) in [5.74, 6) is 1.41. The zero-order chi connectivity index (χ0) is 13.4. The molecule has 0 aromatic heterocycles. The quantitative estimate of drug-likeness (QED) is 0.730. The molecule has 0 radical (unpaired) electrons. The van der Waals surface area contributed by atoms with E-state index in [-0.39, 0.29) is 5.91 Å². The summed E-state index contributed by atoms with van der Waals surface area (Å²) >= 11 is 0. The molecule has 2 N–H and O–H groups in total. The van der Waals surface area contributed by atoms with Gasteiger partial charge in [-0.25, -0.2) is 0 Å². The highest BCUT2D eigenvalue weighted by atomic mass is 16.5. The van der Waals surface area contributed by atoms with Crippen LogP contribution in [-0.2, 0) is 4.79 Å². The molecule has 4 heteroatoms. The Hall–Kier alpha value is -1.55. The molecule has 0 spiro atoms. The second kappa shape index (κ2) is 7.71. The number of rotatable bonds is 7. The Morgan fingerprint density at radius 2 is 1.94 bits per heavy atom. The number of benzene rings is 1. The Kier molecular flexibility index (Phi) is 6.22. The second-order valence-electron chi connectivity index (χ2n) is 4.62.